The molecule has 1 fully saturated rings. The summed E-state index contributed by atoms with van der Waals surface area (Å²) in [4.78, 5) is 14.6. The van der Waals surface area contributed by atoms with E-state index < -0.39 is 34.1 Å². The van der Waals surface area contributed by atoms with Crippen LogP contribution in [0.5, 0.6) is 5.75 Å². The zero-order valence-electron chi connectivity index (χ0n) is 18.1. The molecule has 0 saturated carbocycles. The first kappa shape index (κ1) is 25.6. The highest BCUT2D eigenvalue weighted by Crippen LogP contribution is 2.31. The number of amides is 1. The van der Waals surface area contributed by atoms with Gasteiger partial charge in [-0.25, -0.2) is 8.42 Å². The molecule has 1 heterocycles. The number of hydrogen-bond acceptors (Lipinski definition) is 5. The molecule has 0 bridgehead atoms. The van der Waals surface area contributed by atoms with E-state index in [0.717, 1.165) is 19.3 Å². The lowest BCUT2D eigenvalue weighted by Crippen LogP contribution is -2.40. The molecule has 1 aliphatic heterocycles. The van der Waals surface area contributed by atoms with Crippen molar-refractivity contribution in [3.8, 4) is 5.75 Å². The Morgan fingerprint density at radius 2 is 1.94 bits per heavy atom. The van der Waals surface area contributed by atoms with Gasteiger partial charge in [-0.15, -0.1) is 0 Å². The second-order valence-electron chi connectivity index (χ2n) is 8.19. The molecular formula is C22H25ClF3NO5S. The van der Waals surface area contributed by atoms with Crippen LogP contribution in [0.25, 0.3) is 0 Å². The number of sulfone groups is 1. The van der Waals surface area contributed by atoms with Gasteiger partial charge in [0.2, 0.25) is 0 Å². The van der Waals surface area contributed by atoms with E-state index in [0.29, 0.717) is 36.9 Å². The number of carbonyl (C=O) groups excluding carboxylic acids is 1. The molecule has 3 rings (SSSR count). The minimum atomic E-state index is -4.60. The molecule has 6 nitrogen and oxygen atoms in total. The summed E-state index contributed by atoms with van der Waals surface area (Å²) in [7, 11) is -3.64. The van der Waals surface area contributed by atoms with E-state index in [9.17, 15) is 26.4 Å². The third-order valence-corrected chi connectivity index (χ3v) is 6.95. The Labute approximate surface area is 195 Å². The van der Waals surface area contributed by atoms with Crippen molar-refractivity contribution in [2.24, 2.45) is 5.92 Å². The molecule has 0 aromatic heterocycles. The first-order valence-corrected chi connectivity index (χ1v) is 12.6. The quantitative estimate of drug-likeness (QED) is 0.554. The first-order valence-electron chi connectivity index (χ1n) is 10.4. The van der Waals surface area contributed by atoms with Crippen molar-refractivity contribution in [1.82, 2.24) is 4.90 Å². The lowest BCUT2D eigenvalue weighted by molar-refractivity contribution is -0.223. The fourth-order valence-electron chi connectivity index (χ4n) is 3.65. The van der Waals surface area contributed by atoms with Gasteiger partial charge in [-0.3, -0.25) is 4.79 Å². The third-order valence-electron chi connectivity index (χ3n) is 5.55. The Morgan fingerprint density at radius 1 is 1.27 bits per heavy atom. The van der Waals surface area contributed by atoms with E-state index in [1.54, 1.807) is 24.3 Å². The van der Waals surface area contributed by atoms with Gasteiger partial charge in [0.05, 0.1) is 17.6 Å². The van der Waals surface area contributed by atoms with E-state index in [1.165, 1.54) is 11.0 Å². The average molecular weight is 508 g/mol. The van der Waals surface area contributed by atoms with Gasteiger partial charge in [-0.2, -0.15) is 13.2 Å². The molecule has 1 saturated heterocycles. The molecule has 11 heteroatoms. The fraction of sp³-hybridized carbons (Fsp3) is 0.500. The molecule has 1 aromatic rings. The van der Waals surface area contributed by atoms with Gasteiger partial charge in [-0.05, 0) is 50.1 Å². The van der Waals surface area contributed by atoms with E-state index in [-0.39, 0.29) is 22.8 Å². The Morgan fingerprint density at radius 3 is 2.55 bits per heavy atom. The number of rotatable bonds is 7. The summed E-state index contributed by atoms with van der Waals surface area (Å²) in [6.07, 6.45) is -4.00. The van der Waals surface area contributed by atoms with Crippen LogP contribution in [0.2, 0.25) is 5.02 Å². The molecule has 1 aliphatic carbocycles. The highest BCUT2D eigenvalue weighted by Gasteiger charge is 2.41. The normalized spacial score (nSPS) is 22.5. The van der Waals surface area contributed by atoms with Crippen molar-refractivity contribution in [2.75, 3.05) is 26.0 Å². The second kappa shape index (κ2) is 10.1. The van der Waals surface area contributed by atoms with E-state index >= 15 is 0 Å². The maximum Gasteiger partial charge on any atom is 0.414 e. The third kappa shape index (κ3) is 6.74. The summed E-state index contributed by atoms with van der Waals surface area (Å²) in [6, 6.07) is 6.86. The summed E-state index contributed by atoms with van der Waals surface area (Å²) >= 11 is 5.85. The van der Waals surface area contributed by atoms with Crippen LogP contribution in [0.4, 0.5) is 13.2 Å². The monoisotopic (exact) mass is 507 g/mol. The molecule has 3 atom stereocenters. The van der Waals surface area contributed by atoms with Crippen LogP contribution in [-0.4, -0.2) is 63.6 Å². The number of carbonyl (C=O) groups is 1. The van der Waals surface area contributed by atoms with Crippen molar-refractivity contribution in [1.29, 1.82) is 0 Å². The number of likely N-dealkylation sites (tertiary alicyclic amines) is 1. The van der Waals surface area contributed by atoms with Crippen LogP contribution >= 0.6 is 11.6 Å². The van der Waals surface area contributed by atoms with Gasteiger partial charge in [0.15, 0.2) is 15.9 Å². The Kier molecular flexibility index (Phi) is 7.80. The molecule has 182 valence electrons. The minimum Gasteiger partial charge on any atom is -0.493 e. The van der Waals surface area contributed by atoms with Gasteiger partial charge in [-0.1, -0.05) is 17.7 Å². The molecule has 33 heavy (non-hydrogen) atoms. The van der Waals surface area contributed by atoms with E-state index in [2.05, 4.69) is 0 Å². The van der Waals surface area contributed by atoms with Crippen LogP contribution in [0.1, 0.15) is 19.8 Å². The van der Waals surface area contributed by atoms with Gasteiger partial charge in [0.1, 0.15) is 5.75 Å². The van der Waals surface area contributed by atoms with Crippen LogP contribution in [0.3, 0.4) is 0 Å². The van der Waals surface area contributed by atoms with Crippen LogP contribution in [-0.2, 0) is 19.4 Å². The van der Waals surface area contributed by atoms with Crippen molar-refractivity contribution >= 4 is 27.3 Å². The summed E-state index contributed by atoms with van der Waals surface area (Å²) in [5.74, 6) is 0.126. The molecule has 0 radical (unpaired) electrons. The SMILES string of the molecule is CC(OC1CC=C(S(C)(=O)=O)C=C1C(=O)N1CC[C@@H](COc2ccc(Cl)cc2)C1)C(F)(F)F. The summed E-state index contributed by atoms with van der Waals surface area (Å²) in [6.45, 7) is 1.93. The number of halogens is 4. The highest BCUT2D eigenvalue weighted by molar-refractivity contribution is 7.94. The van der Waals surface area contributed by atoms with Crippen LogP contribution in [0.15, 0.2) is 46.9 Å². The number of hydrogen-bond donors (Lipinski definition) is 0. The molecule has 1 amide bonds. The smallest absolute Gasteiger partial charge is 0.414 e. The highest BCUT2D eigenvalue weighted by atomic mass is 35.5. The van der Waals surface area contributed by atoms with Crippen molar-refractivity contribution in [3.63, 3.8) is 0 Å². The fourth-order valence-corrected chi connectivity index (χ4v) is 4.51. The standard InChI is InChI=1S/C22H25ClF3NO5S/c1-14(22(24,25)26)32-20-8-7-18(33(2,29)30)11-19(20)21(28)27-10-9-15(12-27)13-31-17-5-3-16(23)4-6-17/h3-7,11,14-15,20H,8-10,12-13H2,1-2H3/t14?,15-,20?/m1/s1. The maximum absolute atomic E-state index is 13.2. The topological polar surface area (TPSA) is 72.9 Å². The van der Waals surface area contributed by atoms with E-state index in [1.807, 2.05) is 0 Å². The van der Waals surface area contributed by atoms with Crippen LogP contribution < -0.4 is 4.74 Å². The predicted octanol–water partition coefficient (Wildman–Crippen LogP) is 4.16. The van der Waals surface area contributed by atoms with Gasteiger partial charge >= 0.3 is 6.18 Å². The molecule has 0 spiro atoms. The van der Waals surface area contributed by atoms with Gasteiger partial charge < -0.3 is 14.4 Å². The molecule has 0 N–H and O–H groups in total. The zero-order valence-corrected chi connectivity index (χ0v) is 19.7. The van der Waals surface area contributed by atoms with Crippen molar-refractivity contribution < 1.29 is 35.9 Å². The second-order valence-corrected chi connectivity index (χ2v) is 10.6. The number of ether oxygens (including phenoxy) is 2. The van der Waals surface area contributed by atoms with Crippen molar-refractivity contribution in [2.45, 2.75) is 38.1 Å². The first-order chi connectivity index (χ1) is 15.3. The van der Waals surface area contributed by atoms with Gasteiger partial charge in [0.25, 0.3) is 5.91 Å². The Bertz CT molecular complexity index is 1040. The lowest BCUT2D eigenvalue weighted by atomic mass is 9.99. The van der Waals surface area contributed by atoms with E-state index in [4.69, 9.17) is 21.1 Å². The summed E-state index contributed by atoms with van der Waals surface area (Å²) < 4.78 is 73.9. The molecular weight excluding hydrogens is 483 g/mol. The number of benzene rings is 1. The van der Waals surface area contributed by atoms with Crippen LogP contribution in [0, 0.1) is 5.92 Å². The largest absolute Gasteiger partial charge is 0.493 e. The predicted molar refractivity (Wildman–Crippen MR) is 118 cm³/mol. The molecule has 1 aromatic carbocycles. The Balaban J connectivity index is 1.70. The van der Waals surface area contributed by atoms with Gasteiger partial charge in [0, 0.05) is 35.9 Å². The average Bonchev–Trinajstić information content (AvgIpc) is 3.20. The lowest BCUT2D eigenvalue weighted by Gasteiger charge is -2.29. The number of nitrogens with zero attached hydrogens (tertiary/aromatic N) is 1. The minimum absolute atomic E-state index is 0.0206. The number of allylic oxidation sites excluding steroid dienone is 1. The van der Waals surface area contributed by atoms with Crippen molar-refractivity contribution in [3.05, 3.63) is 51.9 Å². The maximum atomic E-state index is 13.2. The Hall–Kier alpha value is -2.04. The molecule has 2 aliphatic rings. The zero-order chi connectivity index (χ0) is 24.4. The summed E-state index contributed by atoms with van der Waals surface area (Å²) in [5, 5.41) is 0.583. The molecule has 2 unspecified atom stereocenters. The number of alkyl halides is 3. The summed E-state index contributed by atoms with van der Waals surface area (Å²) in [5.41, 5.74) is -0.0895.